The van der Waals surface area contributed by atoms with E-state index in [1.54, 1.807) is 0 Å². The van der Waals surface area contributed by atoms with Crippen molar-refractivity contribution in [1.29, 1.82) is 0 Å². The topological polar surface area (TPSA) is 58.9 Å². The molecule has 2 aromatic rings. The molecule has 2 rings (SSSR count). The van der Waals surface area contributed by atoms with Crippen LogP contribution in [-0.2, 0) is 21.9 Å². The third-order valence-corrected chi connectivity index (χ3v) is 2.82. The van der Waals surface area contributed by atoms with Crippen LogP contribution in [0.4, 0.5) is 46.5 Å². The molecule has 2 aromatic carbocycles. The zero-order valence-electron chi connectivity index (χ0n) is 13.2. The summed E-state index contributed by atoms with van der Waals surface area (Å²) < 4.78 is 98.4. The molecule has 0 aliphatic rings. The van der Waals surface area contributed by atoms with Crippen LogP contribution in [0.5, 0.6) is 0 Å². The minimum atomic E-state index is -4.95. The maximum atomic E-state index is 12.5. The van der Waals surface area contributed by atoms with Gasteiger partial charge in [0.2, 0.25) is 12.2 Å². The van der Waals surface area contributed by atoms with Gasteiger partial charge in [-0.1, -0.05) is 0 Å². The molecule has 0 saturated carbocycles. The standard InChI is InChI=1S/C9H3F6NO.C7H3F2NO/c10-8(11,12)5-1-6(9(13,14)15)3-7(2-5)16-4-17;8-5-1-2-6(9)7(3-5)10-4-11/h1-3H;1-3H. The molecule has 0 aromatic heterocycles. The van der Waals surface area contributed by atoms with Crippen LogP contribution in [0.3, 0.4) is 0 Å². The van der Waals surface area contributed by atoms with E-state index in [0.717, 1.165) is 30.4 Å². The van der Waals surface area contributed by atoms with Crippen LogP contribution in [0.1, 0.15) is 11.1 Å². The Bertz CT molecular complexity index is 908. The van der Waals surface area contributed by atoms with Crippen LogP contribution < -0.4 is 0 Å². The molecule has 12 heteroatoms. The van der Waals surface area contributed by atoms with Gasteiger partial charge in [0.15, 0.2) is 0 Å². The zero-order valence-corrected chi connectivity index (χ0v) is 13.2. The molecule has 0 amide bonds. The summed E-state index contributed by atoms with van der Waals surface area (Å²) in [4.78, 5) is 25.2. The Kier molecular flexibility index (Phi) is 7.31. The maximum absolute atomic E-state index is 12.5. The molecule has 4 nitrogen and oxygen atoms in total. The molecular weight excluding hydrogens is 404 g/mol. The smallest absolute Gasteiger partial charge is 0.211 e. The Labute approximate surface area is 150 Å². The van der Waals surface area contributed by atoms with Gasteiger partial charge in [0.05, 0.1) is 16.8 Å². The highest BCUT2D eigenvalue weighted by molar-refractivity contribution is 5.52. The van der Waals surface area contributed by atoms with Crippen LogP contribution in [0.15, 0.2) is 46.4 Å². The lowest BCUT2D eigenvalue weighted by atomic mass is 10.1. The molecule has 28 heavy (non-hydrogen) atoms. The van der Waals surface area contributed by atoms with E-state index < -0.39 is 40.8 Å². The van der Waals surface area contributed by atoms with E-state index in [9.17, 15) is 44.7 Å². The minimum Gasteiger partial charge on any atom is -0.211 e. The third kappa shape index (κ3) is 6.75. The largest absolute Gasteiger partial charge is 0.416 e. The van der Waals surface area contributed by atoms with Crippen LogP contribution in [0.25, 0.3) is 0 Å². The molecule has 0 radical (unpaired) electrons. The predicted octanol–water partition coefficient (Wildman–Crippen LogP) is 5.62. The SMILES string of the molecule is O=C=Nc1cc(C(F)(F)F)cc(C(F)(F)F)c1.O=C=Nc1cc(F)ccc1F. The lowest BCUT2D eigenvalue weighted by Gasteiger charge is -2.11. The van der Waals surface area contributed by atoms with E-state index in [0.29, 0.717) is 12.1 Å². The fourth-order valence-corrected chi connectivity index (χ4v) is 1.68. The number of hydrogen-bond donors (Lipinski definition) is 0. The van der Waals surface area contributed by atoms with Crippen molar-refractivity contribution >= 4 is 23.5 Å². The number of halogens is 8. The van der Waals surface area contributed by atoms with Crippen molar-refractivity contribution in [2.45, 2.75) is 12.4 Å². The number of rotatable bonds is 2. The molecule has 0 fully saturated rings. The second kappa shape index (κ2) is 9.03. The molecule has 148 valence electrons. The molecule has 0 aliphatic carbocycles. The van der Waals surface area contributed by atoms with Crippen molar-refractivity contribution in [3.8, 4) is 0 Å². The molecule has 0 aliphatic heterocycles. The van der Waals surface area contributed by atoms with Crippen LogP contribution >= 0.6 is 0 Å². The maximum Gasteiger partial charge on any atom is 0.416 e. The van der Waals surface area contributed by atoms with Crippen LogP contribution in [0.2, 0.25) is 0 Å². The number of carbonyl (C=O) groups excluding carboxylic acids is 2. The molecule has 0 unspecified atom stereocenters. The summed E-state index contributed by atoms with van der Waals surface area (Å²) in [6.07, 6.45) is -7.90. The summed E-state index contributed by atoms with van der Waals surface area (Å²) in [6.45, 7) is 0. The average Bonchev–Trinajstić information content (AvgIpc) is 2.57. The van der Waals surface area contributed by atoms with E-state index in [2.05, 4.69) is 9.98 Å². The molecule has 0 spiro atoms. The van der Waals surface area contributed by atoms with Gasteiger partial charge in [-0.05, 0) is 30.3 Å². The minimum absolute atomic E-state index is 0.0518. The summed E-state index contributed by atoms with van der Waals surface area (Å²) in [6, 6.07) is 3.27. The van der Waals surface area contributed by atoms with E-state index in [1.807, 2.05) is 0 Å². The van der Waals surface area contributed by atoms with Crippen LogP contribution in [-0.4, -0.2) is 12.2 Å². The molecule has 0 atom stereocenters. The van der Waals surface area contributed by atoms with E-state index in [1.165, 1.54) is 0 Å². The van der Waals surface area contributed by atoms with E-state index >= 15 is 0 Å². The van der Waals surface area contributed by atoms with Crippen LogP contribution in [0, 0.1) is 11.6 Å². The fourth-order valence-electron chi connectivity index (χ4n) is 1.68. The first-order valence-electron chi connectivity index (χ1n) is 6.78. The number of aliphatic imine (C=N–C) groups is 2. The number of benzene rings is 2. The lowest BCUT2D eigenvalue weighted by molar-refractivity contribution is -0.143. The molecule has 0 saturated heterocycles. The van der Waals surface area contributed by atoms with Gasteiger partial charge in [-0.3, -0.25) is 0 Å². The summed E-state index contributed by atoms with van der Waals surface area (Å²) >= 11 is 0. The first kappa shape index (κ1) is 22.7. The first-order valence-corrected chi connectivity index (χ1v) is 6.78. The molecular formula is C16H6F8N2O2. The molecule has 0 N–H and O–H groups in total. The van der Waals surface area contributed by atoms with Crippen molar-refractivity contribution in [3.05, 3.63) is 59.2 Å². The Hall–Kier alpha value is -3.36. The number of nitrogens with zero attached hydrogens (tertiary/aromatic N) is 2. The van der Waals surface area contributed by atoms with E-state index in [4.69, 9.17) is 0 Å². The Morgan fingerprint density at radius 3 is 1.64 bits per heavy atom. The van der Waals surface area contributed by atoms with Gasteiger partial charge in [-0.15, -0.1) is 0 Å². The van der Waals surface area contributed by atoms with Gasteiger partial charge in [-0.2, -0.15) is 36.3 Å². The normalized spacial score (nSPS) is 10.9. The highest BCUT2D eigenvalue weighted by Crippen LogP contribution is 2.38. The Balaban J connectivity index is 0.000000307. The van der Waals surface area contributed by atoms with Gasteiger partial charge in [0.25, 0.3) is 0 Å². The number of hydrogen-bond acceptors (Lipinski definition) is 4. The highest BCUT2D eigenvalue weighted by atomic mass is 19.4. The number of alkyl halides is 6. The van der Waals surface area contributed by atoms with Crippen molar-refractivity contribution < 1.29 is 44.7 Å². The van der Waals surface area contributed by atoms with Gasteiger partial charge in [0, 0.05) is 6.07 Å². The first-order chi connectivity index (χ1) is 12.9. The second-order valence-corrected chi connectivity index (χ2v) is 4.77. The van der Waals surface area contributed by atoms with Crippen molar-refractivity contribution in [2.24, 2.45) is 9.98 Å². The van der Waals surface area contributed by atoms with Crippen molar-refractivity contribution in [2.75, 3.05) is 0 Å². The Morgan fingerprint density at radius 1 is 0.714 bits per heavy atom. The van der Waals surface area contributed by atoms with Gasteiger partial charge in [0.1, 0.15) is 17.3 Å². The van der Waals surface area contributed by atoms with Gasteiger partial charge in [-0.25, -0.2) is 18.4 Å². The molecule has 0 bridgehead atoms. The quantitative estimate of drug-likeness (QED) is 0.366. The number of isocyanates is 2. The monoisotopic (exact) mass is 410 g/mol. The predicted molar refractivity (Wildman–Crippen MR) is 78.4 cm³/mol. The summed E-state index contributed by atoms with van der Waals surface area (Å²) in [5.74, 6) is -1.38. The average molecular weight is 410 g/mol. The van der Waals surface area contributed by atoms with Gasteiger partial charge < -0.3 is 0 Å². The highest BCUT2D eigenvalue weighted by Gasteiger charge is 2.36. The molecule has 0 heterocycles. The summed E-state index contributed by atoms with van der Waals surface area (Å²) in [5.41, 5.74) is -4.13. The van der Waals surface area contributed by atoms with Crippen molar-refractivity contribution in [3.63, 3.8) is 0 Å². The summed E-state index contributed by atoms with van der Waals surface area (Å²) in [7, 11) is 0. The Morgan fingerprint density at radius 2 is 1.21 bits per heavy atom. The van der Waals surface area contributed by atoms with E-state index in [-0.39, 0.29) is 11.8 Å². The van der Waals surface area contributed by atoms with Crippen molar-refractivity contribution in [1.82, 2.24) is 0 Å². The second-order valence-electron chi connectivity index (χ2n) is 4.77. The van der Waals surface area contributed by atoms with Gasteiger partial charge >= 0.3 is 12.4 Å². The third-order valence-electron chi connectivity index (χ3n) is 2.82. The fraction of sp³-hybridized carbons (Fsp3) is 0.125. The lowest BCUT2D eigenvalue weighted by Crippen LogP contribution is -2.10. The zero-order chi connectivity index (χ0) is 21.5. The summed E-state index contributed by atoms with van der Waals surface area (Å²) in [5, 5.41) is 0.